The summed E-state index contributed by atoms with van der Waals surface area (Å²) < 4.78 is 0. The number of phenolic OH excluding ortho intramolecular Hbond substituents is 1. The summed E-state index contributed by atoms with van der Waals surface area (Å²) in [6, 6.07) is 6.66. The molecule has 2 aromatic rings. The lowest BCUT2D eigenvalue weighted by Crippen LogP contribution is -1.79. The molecule has 2 N–H and O–H groups in total. The van der Waals surface area contributed by atoms with Crippen LogP contribution < -0.4 is 0 Å². The topological polar surface area (TPSA) is 61.8 Å². The number of phenols is 1. The highest BCUT2D eigenvalue weighted by atomic mass is 35.5. The van der Waals surface area contributed by atoms with Gasteiger partial charge >= 0.3 is 0 Å². The van der Waals surface area contributed by atoms with E-state index in [-0.39, 0.29) is 11.0 Å². The molecule has 2 rings (SSSR count). The van der Waals surface area contributed by atoms with Crippen molar-refractivity contribution < 1.29 is 5.11 Å². The maximum absolute atomic E-state index is 9.18. The van der Waals surface area contributed by atoms with Gasteiger partial charge < -0.3 is 5.11 Å². The van der Waals surface area contributed by atoms with Crippen LogP contribution in [0.3, 0.4) is 0 Å². The van der Waals surface area contributed by atoms with E-state index in [4.69, 9.17) is 11.6 Å². The van der Waals surface area contributed by atoms with Crippen molar-refractivity contribution in [3.8, 4) is 17.1 Å². The normalized spacial score (nSPS) is 10.2. The van der Waals surface area contributed by atoms with Crippen LogP contribution in [0, 0.1) is 0 Å². The Kier molecular flexibility index (Phi) is 1.90. The highest BCUT2D eigenvalue weighted by Gasteiger charge is 2.03. The fourth-order valence-electron chi connectivity index (χ4n) is 1.02. The molecule has 1 aromatic heterocycles. The predicted molar refractivity (Wildman–Crippen MR) is 48.5 cm³/mol. The zero-order valence-corrected chi connectivity index (χ0v) is 7.28. The molecule has 1 heterocycles. The Hall–Kier alpha value is -1.55. The first kappa shape index (κ1) is 8.07. The van der Waals surface area contributed by atoms with Crippen LogP contribution in [0.2, 0.25) is 5.28 Å². The molecule has 13 heavy (non-hydrogen) atoms. The van der Waals surface area contributed by atoms with Gasteiger partial charge in [0.25, 0.3) is 0 Å². The quantitative estimate of drug-likeness (QED) is 0.730. The van der Waals surface area contributed by atoms with Crippen molar-refractivity contribution in [2.45, 2.75) is 0 Å². The van der Waals surface area contributed by atoms with Gasteiger partial charge in [-0.25, -0.2) is 5.10 Å². The molecule has 0 atom stereocenters. The molecule has 0 saturated heterocycles. The van der Waals surface area contributed by atoms with Crippen molar-refractivity contribution in [2.24, 2.45) is 0 Å². The molecule has 66 valence electrons. The molecule has 0 spiro atoms. The van der Waals surface area contributed by atoms with Crippen LogP contribution >= 0.6 is 11.6 Å². The van der Waals surface area contributed by atoms with Gasteiger partial charge in [-0.05, 0) is 23.7 Å². The first-order valence-electron chi connectivity index (χ1n) is 3.63. The van der Waals surface area contributed by atoms with E-state index in [0.29, 0.717) is 5.82 Å². The standard InChI is InChI=1S/C8H6ClN3O/c9-8-10-7(11-12-8)5-2-1-3-6(13)4-5/h1-4,13H,(H,10,11,12). The van der Waals surface area contributed by atoms with Crippen LogP contribution in [-0.2, 0) is 0 Å². The Labute approximate surface area is 79.2 Å². The van der Waals surface area contributed by atoms with Gasteiger partial charge in [-0.3, -0.25) is 0 Å². The zero-order valence-electron chi connectivity index (χ0n) is 6.53. The minimum Gasteiger partial charge on any atom is -0.508 e. The molecule has 0 aliphatic heterocycles. The molecule has 0 aliphatic rings. The summed E-state index contributed by atoms with van der Waals surface area (Å²) >= 11 is 5.56. The van der Waals surface area contributed by atoms with Crippen molar-refractivity contribution in [3.05, 3.63) is 29.5 Å². The second-order valence-electron chi connectivity index (χ2n) is 2.50. The molecule has 0 radical (unpaired) electrons. The van der Waals surface area contributed by atoms with Crippen molar-refractivity contribution in [3.63, 3.8) is 0 Å². The van der Waals surface area contributed by atoms with E-state index in [1.54, 1.807) is 24.3 Å². The van der Waals surface area contributed by atoms with Crippen LogP contribution in [0.15, 0.2) is 24.3 Å². The lowest BCUT2D eigenvalue weighted by atomic mass is 10.2. The van der Waals surface area contributed by atoms with Gasteiger partial charge in [0.15, 0.2) is 5.82 Å². The van der Waals surface area contributed by atoms with Gasteiger partial charge in [0.05, 0.1) is 0 Å². The minimum absolute atomic E-state index is 0.179. The van der Waals surface area contributed by atoms with E-state index in [0.717, 1.165) is 5.56 Å². The second-order valence-corrected chi connectivity index (χ2v) is 2.86. The average molecular weight is 196 g/mol. The molecule has 0 saturated carbocycles. The van der Waals surface area contributed by atoms with Gasteiger partial charge in [-0.15, -0.1) is 0 Å². The fraction of sp³-hybridized carbons (Fsp3) is 0. The Morgan fingerprint density at radius 1 is 1.38 bits per heavy atom. The Morgan fingerprint density at radius 3 is 2.85 bits per heavy atom. The van der Waals surface area contributed by atoms with Crippen molar-refractivity contribution in [1.82, 2.24) is 15.2 Å². The summed E-state index contributed by atoms with van der Waals surface area (Å²) in [4.78, 5) is 3.91. The Bertz CT molecular complexity index is 427. The molecular weight excluding hydrogens is 190 g/mol. The highest BCUT2D eigenvalue weighted by Crippen LogP contribution is 2.20. The van der Waals surface area contributed by atoms with E-state index in [2.05, 4.69) is 15.2 Å². The number of nitrogens with one attached hydrogen (secondary N) is 1. The molecule has 1 aromatic carbocycles. The SMILES string of the molecule is Oc1cccc(-c2n[nH]c(Cl)n2)c1. The summed E-state index contributed by atoms with van der Waals surface area (Å²) in [6.45, 7) is 0. The fourth-order valence-corrected chi connectivity index (χ4v) is 1.14. The van der Waals surface area contributed by atoms with Crippen molar-refractivity contribution in [2.75, 3.05) is 0 Å². The van der Waals surface area contributed by atoms with E-state index in [1.165, 1.54) is 0 Å². The third-order valence-electron chi connectivity index (χ3n) is 1.56. The zero-order chi connectivity index (χ0) is 9.26. The summed E-state index contributed by atoms with van der Waals surface area (Å²) in [6.07, 6.45) is 0. The van der Waals surface area contributed by atoms with Crippen LogP contribution in [0.25, 0.3) is 11.4 Å². The Morgan fingerprint density at radius 2 is 2.23 bits per heavy atom. The van der Waals surface area contributed by atoms with Gasteiger partial charge in [-0.1, -0.05) is 12.1 Å². The molecule has 0 amide bonds. The number of H-pyrrole nitrogens is 1. The number of benzene rings is 1. The Balaban J connectivity index is 2.46. The largest absolute Gasteiger partial charge is 0.508 e. The molecule has 4 nitrogen and oxygen atoms in total. The van der Waals surface area contributed by atoms with Crippen LogP contribution in [0.4, 0.5) is 0 Å². The molecule has 0 unspecified atom stereocenters. The first-order valence-corrected chi connectivity index (χ1v) is 4.01. The lowest BCUT2D eigenvalue weighted by molar-refractivity contribution is 0.475. The minimum atomic E-state index is 0.179. The summed E-state index contributed by atoms with van der Waals surface area (Å²) in [5, 5.41) is 15.8. The van der Waals surface area contributed by atoms with Crippen LogP contribution in [0.1, 0.15) is 0 Å². The molecular formula is C8H6ClN3O. The number of aromatic nitrogens is 3. The predicted octanol–water partition coefficient (Wildman–Crippen LogP) is 1.83. The number of aromatic hydroxyl groups is 1. The molecule has 0 bridgehead atoms. The maximum atomic E-state index is 9.18. The smallest absolute Gasteiger partial charge is 0.218 e. The van der Waals surface area contributed by atoms with E-state index < -0.39 is 0 Å². The van der Waals surface area contributed by atoms with Gasteiger partial charge in [0.1, 0.15) is 5.75 Å². The van der Waals surface area contributed by atoms with E-state index in [1.807, 2.05) is 0 Å². The van der Waals surface area contributed by atoms with Crippen molar-refractivity contribution >= 4 is 11.6 Å². The van der Waals surface area contributed by atoms with Gasteiger partial charge in [0.2, 0.25) is 5.28 Å². The number of aromatic amines is 1. The number of halogens is 1. The molecule has 0 aliphatic carbocycles. The van der Waals surface area contributed by atoms with Crippen molar-refractivity contribution in [1.29, 1.82) is 0 Å². The number of hydrogen-bond donors (Lipinski definition) is 2. The van der Waals surface area contributed by atoms with E-state index in [9.17, 15) is 5.11 Å². The summed E-state index contributed by atoms with van der Waals surface area (Å²) in [5.74, 6) is 0.652. The first-order chi connectivity index (χ1) is 6.25. The van der Waals surface area contributed by atoms with Crippen LogP contribution in [0.5, 0.6) is 5.75 Å². The highest BCUT2D eigenvalue weighted by molar-refractivity contribution is 6.28. The number of nitrogens with zero attached hydrogens (tertiary/aromatic N) is 2. The van der Waals surface area contributed by atoms with E-state index >= 15 is 0 Å². The maximum Gasteiger partial charge on any atom is 0.218 e. The number of rotatable bonds is 1. The summed E-state index contributed by atoms with van der Waals surface area (Å²) in [5.41, 5.74) is 0.725. The molecule has 0 fully saturated rings. The third-order valence-corrected chi connectivity index (χ3v) is 1.73. The van der Waals surface area contributed by atoms with Gasteiger partial charge in [-0.2, -0.15) is 10.1 Å². The molecule has 5 heteroatoms. The average Bonchev–Trinajstić information content (AvgIpc) is 2.52. The monoisotopic (exact) mass is 195 g/mol. The lowest BCUT2D eigenvalue weighted by Gasteiger charge is -1.94. The third kappa shape index (κ3) is 1.62. The second kappa shape index (κ2) is 3.06. The van der Waals surface area contributed by atoms with Crippen LogP contribution in [-0.4, -0.2) is 20.3 Å². The number of hydrogen-bond acceptors (Lipinski definition) is 3. The summed E-state index contributed by atoms with van der Waals surface area (Å²) in [7, 11) is 0. The van der Waals surface area contributed by atoms with Gasteiger partial charge in [0, 0.05) is 5.56 Å².